The van der Waals surface area contributed by atoms with Crippen LogP contribution >= 0.6 is 0 Å². The number of carbonyl (C=O) groups is 3. The Labute approximate surface area is 216 Å². The van der Waals surface area contributed by atoms with Gasteiger partial charge in [0, 0.05) is 24.2 Å². The van der Waals surface area contributed by atoms with Crippen molar-refractivity contribution in [1.82, 2.24) is 15.3 Å². The molecule has 1 saturated carbocycles. The molecule has 3 aromatic rings. The number of benzene rings is 1. The van der Waals surface area contributed by atoms with Crippen molar-refractivity contribution in [3.63, 3.8) is 0 Å². The summed E-state index contributed by atoms with van der Waals surface area (Å²) in [6, 6.07) is 10.8. The second-order valence-electron chi connectivity index (χ2n) is 10.2. The van der Waals surface area contributed by atoms with E-state index in [1.54, 1.807) is 50.5 Å². The van der Waals surface area contributed by atoms with Crippen LogP contribution in [0.25, 0.3) is 0 Å². The fraction of sp³-hybridized carbons (Fsp3) is 0.321. The molecule has 0 radical (unpaired) electrons. The highest BCUT2D eigenvalue weighted by molar-refractivity contribution is 6.08. The number of aromatic nitrogens is 2. The van der Waals surface area contributed by atoms with Crippen LogP contribution < -0.4 is 21.3 Å². The first-order valence-corrected chi connectivity index (χ1v) is 12.2. The van der Waals surface area contributed by atoms with Gasteiger partial charge in [-0.3, -0.25) is 19.4 Å². The van der Waals surface area contributed by atoms with Gasteiger partial charge in [0.1, 0.15) is 5.82 Å². The van der Waals surface area contributed by atoms with E-state index in [0.29, 0.717) is 39.8 Å². The highest BCUT2D eigenvalue weighted by Gasteiger charge is 2.22. The maximum Gasteiger partial charge on any atom is 0.257 e. The predicted octanol–water partition coefficient (Wildman–Crippen LogP) is 4.52. The van der Waals surface area contributed by atoms with Crippen LogP contribution in [0.3, 0.4) is 0 Å². The Hall–Kier alpha value is -4.27. The molecule has 2 heterocycles. The van der Waals surface area contributed by atoms with Crippen LogP contribution in [0, 0.1) is 6.92 Å². The lowest BCUT2D eigenvalue weighted by molar-refractivity contribution is 0.0962. The number of hydrogen-bond donors (Lipinski definition) is 4. The topological polar surface area (TPSA) is 125 Å². The molecule has 0 atom stereocenters. The van der Waals surface area contributed by atoms with Gasteiger partial charge in [-0.25, -0.2) is 4.98 Å². The average molecular weight is 501 g/mol. The van der Waals surface area contributed by atoms with Gasteiger partial charge >= 0.3 is 0 Å². The van der Waals surface area contributed by atoms with Crippen molar-refractivity contribution < 1.29 is 14.4 Å². The van der Waals surface area contributed by atoms with E-state index in [0.717, 1.165) is 24.2 Å². The molecular weight excluding hydrogens is 468 g/mol. The summed E-state index contributed by atoms with van der Waals surface area (Å²) in [7, 11) is 1.55. The highest BCUT2D eigenvalue weighted by Crippen LogP contribution is 2.26. The van der Waals surface area contributed by atoms with Gasteiger partial charge in [0.2, 0.25) is 0 Å². The minimum atomic E-state index is -0.406. The van der Waals surface area contributed by atoms with Crippen molar-refractivity contribution in [2.75, 3.05) is 23.0 Å². The van der Waals surface area contributed by atoms with E-state index in [9.17, 15) is 14.4 Å². The SMILES string of the molecule is CNC(=O)c1cc(C(=O)Nc2cnc(C)c(C(=O)Nc3ccc(NC4CC4)nc3)c2)cc(C(C)(C)C)c1. The van der Waals surface area contributed by atoms with E-state index in [-0.39, 0.29) is 17.2 Å². The van der Waals surface area contributed by atoms with Gasteiger partial charge in [0.25, 0.3) is 17.7 Å². The number of carbonyl (C=O) groups excluding carboxylic acids is 3. The van der Waals surface area contributed by atoms with E-state index in [1.165, 1.54) is 6.20 Å². The average Bonchev–Trinajstić information content (AvgIpc) is 3.69. The Morgan fingerprint density at radius 1 is 0.838 bits per heavy atom. The number of nitrogens with one attached hydrogen (secondary N) is 4. The molecule has 0 unspecified atom stereocenters. The van der Waals surface area contributed by atoms with Crippen LogP contribution in [-0.4, -0.2) is 40.8 Å². The van der Waals surface area contributed by atoms with Crippen LogP contribution in [0.4, 0.5) is 17.2 Å². The summed E-state index contributed by atoms with van der Waals surface area (Å²) in [6.45, 7) is 7.77. The zero-order valence-electron chi connectivity index (χ0n) is 21.7. The van der Waals surface area contributed by atoms with Crippen LogP contribution in [0.15, 0.2) is 48.8 Å². The van der Waals surface area contributed by atoms with Crippen molar-refractivity contribution in [1.29, 1.82) is 0 Å². The molecule has 192 valence electrons. The summed E-state index contributed by atoms with van der Waals surface area (Å²) < 4.78 is 0. The first kappa shape index (κ1) is 25.8. The second-order valence-corrected chi connectivity index (χ2v) is 10.2. The van der Waals surface area contributed by atoms with Gasteiger partial charge in [-0.05, 0) is 67.1 Å². The van der Waals surface area contributed by atoms with Gasteiger partial charge in [0.05, 0.1) is 35.0 Å². The molecule has 1 aliphatic rings. The Balaban J connectivity index is 1.51. The molecule has 0 spiro atoms. The van der Waals surface area contributed by atoms with E-state index < -0.39 is 5.91 Å². The lowest BCUT2D eigenvalue weighted by Gasteiger charge is -2.21. The number of anilines is 3. The summed E-state index contributed by atoms with van der Waals surface area (Å²) in [5, 5.41) is 11.5. The van der Waals surface area contributed by atoms with Gasteiger partial charge in [-0.15, -0.1) is 0 Å². The number of rotatable bonds is 7. The van der Waals surface area contributed by atoms with E-state index in [4.69, 9.17) is 0 Å². The summed E-state index contributed by atoms with van der Waals surface area (Å²) in [5.74, 6) is -0.265. The molecule has 4 rings (SSSR count). The molecule has 1 aliphatic carbocycles. The summed E-state index contributed by atoms with van der Waals surface area (Å²) in [5.41, 5.74) is 3.09. The van der Waals surface area contributed by atoms with Crippen LogP contribution in [0.2, 0.25) is 0 Å². The zero-order valence-corrected chi connectivity index (χ0v) is 21.7. The largest absolute Gasteiger partial charge is 0.367 e. The number of nitrogens with zero attached hydrogens (tertiary/aromatic N) is 2. The smallest absolute Gasteiger partial charge is 0.257 e. The minimum absolute atomic E-state index is 0.267. The molecule has 4 N–H and O–H groups in total. The molecule has 2 aromatic heterocycles. The molecule has 3 amide bonds. The maximum absolute atomic E-state index is 13.1. The second kappa shape index (κ2) is 10.4. The first-order valence-electron chi connectivity index (χ1n) is 12.2. The fourth-order valence-corrected chi connectivity index (χ4v) is 3.69. The van der Waals surface area contributed by atoms with Crippen molar-refractivity contribution in [3.8, 4) is 0 Å². The molecule has 0 aliphatic heterocycles. The lowest BCUT2D eigenvalue weighted by Crippen LogP contribution is -2.22. The summed E-state index contributed by atoms with van der Waals surface area (Å²) in [6.07, 6.45) is 5.40. The third kappa shape index (κ3) is 6.49. The van der Waals surface area contributed by atoms with Gasteiger partial charge in [-0.2, -0.15) is 0 Å². The van der Waals surface area contributed by atoms with Crippen molar-refractivity contribution >= 4 is 34.9 Å². The van der Waals surface area contributed by atoms with Crippen LogP contribution in [-0.2, 0) is 5.41 Å². The molecule has 9 nitrogen and oxygen atoms in total. The quantitative estimate of drug-likeness (QED) is 0.378. The molecule has 9 heteroatoms. The van der Waals surface area contributed by atoms with Crippen LogP contribution in [0.1, 0.15) is 75.9 Å². The molecule has 37 heavy (non-hydrogen) atoms. The molecule has 1 fully saturated rings. The lowest BCUT2D eigenvalue weighted by atomic mass is 9.85. The molecular formula is C28H32N6O3. The summed E-state index contributed by atoms with van der Waals surface area (Å²) >= 11 is 0. The molecule has 1 aromatic carbocycles. The van der Waals surface area contributed by atoms with E-state index >= 15 is 0 Å². The maximum atomic E-state index is 13.1. The Morgan fingerprint density at radius 2 is 1.49 bits per heavy atom. The fourth-order valence-electron chi connectivity index (χ4n) is 3.69. The molecule has 0 bridgehead atoms. The number of hydrogen-bond acceptors (Lipinski definition) is 6. The number of amides is 3. The third-order valence-electron chi connectivity index (χ3n) is 6.09. The van der Waals surface area contributed by atoms with Gasteiger partial charge in [-0.1, -0.05) is 20.8 Å². The Kier molecular flexibility index (Phi) is 7.24. The number of aryl methyl sites for hydroxylation is 1. The standard InChI is InChI=1S/C28H32N6O3/c1-16-23(27(37)33-21-8-9-24(31-14-21)32-20-6-7-20)13-22(15-30-16)34-26(36)18-10-17(25(35)29-5)11-19(12-18)28(2,3)4/h8-15,20H,6-7H2,1-5H3,(H,29,35)(H,31,32)(H,33,37)(H,34,36). The minimum Gasteiger partial charge on any atom is -0.367 e. The van der Waals surface area contributed by atoms with Crippen molar-refractivity contribution in [3.05, 3.63) is 76.7 Å². The molecule has 0 saturated heterocycles. The van der Waals surface area contributed by atoms with Crippen molar-refractivity contribution in [2.45, 2.75) is 52.0 Å². The van der Waals surface area contributed by atoms with E-state index in [1.807, 2.05) is 26.8 Å². The Bertz CT molecular complexity index is 1340. The summed E-state index contributed by atoms with van der Waals surface area (Å²) in [4.78, 5) is 47.0. The highest BCUT2D eigenvalue weighted by atomic mass is 16.2. The van der Waals surface area contributed by atoms with Gasteiger partial charge in [0.15, 0.2) is 0 Å². The third-order valence-corrected chi connectivity index (χ3v) is 6.09. The predicted molar refractivity (Wildman–Crippen MR) is 144 cm³/mol. The van der Waals surface area contributed by atoms with Crippen LogP contribution in [0.5, 0.6) is 0 Å². The van der Waals surface area contributed by atoms with Gasteiger partial charge < -0.3 is 21.3 Å². The zero-order chi connectivity index (χ0) is 26.7. The normalized spacial score (nSPS) is 13.0. The van der Waals surface area contributed by atoms with Crippen molar-refractivity contribution in [2.24, 2.45) is 0 Å². The Morgan fingerprint density at radius 3 is 2.08 bits per heavy atom. The number of pyridine rings is 2. The van der Waals surface area contributed by atoms with E-state index in [2.05, 4.69) is 31.2 Å². The monoisotopic (exact) mass is 500 g/mol. The first-order chi connectivity index (χ1) is 17.5.